The Labute approximate surface area is 111 Å². The van der Waals surface area contributed by atoms with Gasteiger partial charge in [0.2, 0.25) is 0 Å². The highest BCUT2D eigenvalue weighted by molar-refractivity contribution is 6.68. The Kier molecular flexibility index (Phi) is 5.75. The van der Waals surface area contributed by atoms with Gasteiger partial charge < -0.3 is 0 Å². The molecular formula is C14H12Cl2O. The van der Waals surface area contributed by atoms with E-state index in [1.54, 1.807) is 24.3 Å². The molecule has 0 radical (unpaired) electrons. The Hall–Kier alpha value is -1.31. The van der Waals surface area contributed by atoms with Crippen LogP contribution >= 0.6 is 23.2 Å². The van der Waals surface area contributed by atoms with Crippen LogP contribution in [0.4, 0.5) is 0 Å². The lowest BCUT2D eigenvalue weighted by Crippen LogP contribution is -1.87. The van der Waals surface area contributed by atoms with E-state index in [9.17, 15) is 4.79 Å². The van der Waals surface area contributed by atoms with Crippen LogP contribution in [0.3, 0.4) is 0 Å². The first-order valence-corrected chi connectivity index (χ1v) is 5.83. The van der Waals surface area contributed by atoms with Gasteiger partial charge in [0, 0.05) is 0 Å². The van der Waals surface area contributed by atoms with Gasteiger partial charge in [-0.2, -0.15) is 0 Å². The fraction of sp³-hybridized carbons (Fsp3) is 0.0714. The van der Waals surface area contributed by atoms with Crippen molar-refractivity contribution in [2.24, 2.45) is 0 Å². The number of aryl methyl sites for hydroxylation is 1. The Bertz CT molecular complexity index is 481. The van der Waals surface area contributed by atoms with Gasteiger partial charge in [0.15, 0.2) is 0 Å². The van der Waals surface area contributed by atoms with E-state index in [0.29, 0.717) is 10.6 Å². The lowest BCUT2D eigenvalue weighted by atomic mass is 10.2. The molecule has 0 heterocycles. The van der Waals surface area contributed by atoms with Gasteiger partial charge in [-0.3, -0.25) is 4.79 Å². The van der Waals surface area contributed by atoms with E-state index >= 15 is 0 Å². The van der Waals surface area contributed by atoms with E-state index in [1.807, 2.05) is 18.2 Å². The number of rotatable bonds is 1. The van der Waals surface area contributed by atoms with Crippen LogP contribution in [-0.2, 0) is 0 Å². The third kappa shape index (κ3) is 5.03. The van der Waals surface area contributed by atoms with Crippen molar-refractivity contribution in [3.63, 3.8) is 0 Å². The predicted octanol–water partition coefficient (Wildman–Crippen LogP) is 4.71. The number of hydrogen-bond donors (Lipinski definition) is 0. The van der Waals surface area contributed by atoms with Crippen molar-refractivity contribution < 1.29 is 4.79 Å². The largest absolute Gasteiger partial charge is 0.276 e. The molecule has 0 aliphatic carbocycles. The van der Waals surface area contributed by atoms with E-state index in [-0.39, 0.29) is 0 Å². The van der Waals surface area contributed by atoms with Crippen LogP contribution in [0.2, 0.25) is 5.02 Å². The first kappa shape index (κ1) is 13.8. The average Bonchev–Trinajstić information content (AvgIpc) is 2.31. The topological polar surface area (TPSA) is 17.1 Å². The summed E-state index contributed by atoms with van der Waals surface area (Å²) in [7, 11) is 0. The van der Waals surface area contributed by atoms with E-state index < -0.39 is 5.24 Å². The number of carbonyl (C=O) groups excluding carboxylic acids is 1. The molecule has 0 saturated heterocycles. The van der Waals surface area contributed by atoms with Crippen molar-refractivity contribution in [1.82, 2.24) is 0 Å². The van der Waals surface area contributed by atoms with Crippen LogP contribution in [0.15, 0.2) is 54.6 Å². The van der Waals surface area contributed by atoms with Gasteiger partial charge in [-0.25, -0.2) is 0 Å². The summed E-state index contributed by atoms with van der Waals surface area (Å²) < 4.78 is 0. The molecule has 0 saturated carbocycles. The molecule has 17 heavy (non-hydrogen) atoms. The molecule has 0 atom stereocenters. The quantitative estimate of drug-likeness (QED) is 0.683. The Morgan fingerprint density at radius 1 is 0.941 bits per heavy atom. The molecule has 0 bridgehead atoms. The minimum Gasteiger partial charge on any atom is -0.276 e. The smallest absolute Gasteiger partial charge is 0.253 e. The summed E-state index contributed by atoms with van der Waals surface area (Å²) in [5.74, 6) is 0. The van der Waals surface area contributed by atoms with Crippen molar-refractivity contribution >= 4 is 28.4 Å². The molecule has 1 nitrogen and oxygen atoms in total. The van der Waals surface area contributed by atoms with Crippen LogP contribution in [0.25, 0.3) is 0 Å². The Balaban J connectivity index is 0.000000181. The number of carbonyl (C=O) groups is 1. The van der Waals surface area contributed by atoms with Gasteiger partial charge in [-0.15, -0.1) is 0 Å². The molecule has 0 aromatic heterocycles. The molecule has 0 fully saturated rings. The van der Waals surface area contributed by atoms with Crippen LogP contribution < -0.4 is 0 Å². The third-order valence-electron chi connectivity index (χ3n) is 2.03. The highest BCUT2D eigenvalue weighted by Crippen LogP contribution is 2.16. The standard InChI is InChI=1S/C7H4Cl2O.C7H8/c8-6-4-2-1-3-5(6)7(9)10;1-7-5-3-2-4-6-7/h1-4H;2-6H,1H3. The minimum absolute atomic E-state index is 0.353. The molecule has 2 aromatic rings. The highest BCUT2D eigenvalue weighted by Gasteiger charge is 2.03. The van der Waals surface area contributed by atoms with E-state index in [4.69, 9.17) is 23.2 Å². The second-order valence-electron chi connectivity index (χ2n) is 3.41. The van der Waals surface area contributed by atoms with Gasteiger partial charge in [-0.05, 0) is 30.7 Å². The number of hydrogen-bond acceptors (Lipinski definition) is 1. The first-order valence-electron chi connectivity index (χ1n) is 5.07. The molecule has 0 aliphatic rings. The lowest BCUT2D eigenvalue weighted by molar-refractivity contribution is 0.108. The Morgan fingerprint density at radius 3 is 1.82 bits per heavy atom. The molecule has 2 rings (SSSR count). The first-order chi connectivity index (χ1) is 8.11. The third-order valence-corrected chi connectivity index (χ3v) is 2.56. The zero-order valence-electron chi connectivity index (χ0n) is 9.36. The van der Waals surface area contributed by atoms with Crippen LogP contribution in [0.5, 0.6) is 0 Å². The number of halogens is 2. The monoisotopic (exact) mass is 266 g/mol. The molecule has 3 heteroatoms. The fourth-order valence-corrected chi connectivity index (χ4v) is 1.59. The molecule has 0 spiro atoms. The molecule has 0 aliphatic heterocycles. The summed E-state index contributed by atoms with van der Waals surface area (Å²) in [4.78, 5) is 10.5. The van der Waals surface area contributed by atoms with Gasteiger partial charge in [-0.1, -0.05) is 59.6 Å². The molecular weight excluding hydrogens is 255 g/mol. The highest BCUT2D eigenvalue weighted by atomic mass is 35.5. The zero-order valence-corrected chi connectivity index (χ0v) is 10.9. The summed E-state index contributed by atoms with van der Waals surface area (Å²) in [6, 6.07) is 16.9. The van der Waals surface area contributed by atoms with Gasteiger partial charge >= 0.3 is 0 Å². The SMILES string of the molecule is Cc1ccccc1.O=C(Cl)c1ccccc1Cl. The van der Waals surface area contributed by atoms with Gasteiger partial charge in [0.1, 0.15) is 0 Å². The Morgan fingerprint density at radius 2 is 1.47 bits per heavy atom. The van der Waals surface area contributed by atoms with Gasteiger partial charge in [0.25, 0.3) is 5.24 Å². The van der Waals surface area contributed by atoms with Crippen LogP contribution in [-0.4, -0.2) is 5.24 Å². The van der Waals surface area contributed by atoms with Crippen LogP contribution in [0.1, 0.15) is 15.9 Å². The maximum Gasteiger partial charge on any atom is 0.253 e. The van der Waals surface area contributed by atoms with E-state index in [0.717, 1.165) is 0 Å². The van der Waals surface area contributed by atoms with Crippen molar-refractivity contribution in [3.8, 4) is 0 Å². The second-order valence-corrected chi connectivity index (χ2v) is 4.16. The van der Waals surface area contributed by atoms with Crippen molar-refractivity contribution in [1.29, 1.82) is 0 Å². The van der Waals surface area contributed by atoms with Crippen molar-refractivity contribution in [2.75, 3.05) is 0 Å². The van der Waals surface area contributed by atoms with Crippen molar-refractivity contribution in [3.05, 3.63) is 70.7 Å². The molecule has 88 valence electrons. The van der Waals surface area contributed by atoms with Crippen molar-refractivity contribution in [2.45, 2.75) is 6.92 Å². The minimum atomic E-state index is -0.523. The summed E-state index contributed by atoms with van der Waals surface area (Å²) in [6.07, 6.45) is 0. The number of benzene rings is 2. The summed E-state index contributed by atoms with van der Waals surface area (Å²) in [6.45, 7) is 2.08. The van der Waals surface area contributed by atoms with E-state index in [2.05, 4.69) is 19.1 Å². The van der Waals surface area contributed by atoms with Crippen LogP contribution in [0, 0.1) is 6.92 Å². The fourth-order valence-electron chi connectivity index (χ4n) is 1.15. The molecule has 2 aromatic carbocycles. The van der Waals surface area contributed by atoms with Gasteiger partial charge in [0.05, 0.1) is 10.6 Å². The molecule has 0 N–H and O–H groups in total. The molecule has 0 unspecified atom stereocenters. The second kappa shape index (κ2) is 7.10. The molecule has 0 amide bonds. The predicted molar refractivity (Wildman–Crippen MR) is 72.8 cm³/mol. The average molecular weight is 267 g/mol. The lowest BCUT2D eigenvalue weighted by Gasteiger charge is -1.93. The maximum absolute atomic E-state index is 10.5. The summed E-state index contributed by atoms with van der Waals surface area (Å²) in [5.41, 5.74) is 1.67. The zero-order chi connectivity index (χ0) is 12.7. The summed E-state index contributed by atoms with van der Waals surface area (Å²) in [5, 5.41) is -0.131. The summed E-state index contributed by atoms with van der Waals surface area (Å²) >= 11 is 10.8. The van der Waals surface area contributed by atoms with E-state index in [1.165, 1.54) is 5.56 Å². The normalized spacial score (nSPS) is 9.12. The maximum atomic E-state index is 10.5.